The molecule has 4 atom stereocenters. The van der Waals surface area contributed by atoms with Crippen LogP contribution in [0.25, 0.3) is 0 Å². The monoisotopic (exact) mass is 210 g/mol. The molecule has 0 aromatic carbocycles. The van der Waals surface area contributed by atoms with Crippen LogP contribution in [0.5, 0.6) is 0 Å². The van der Waals surface area contributed by atoms with Gasteiger partial charge in [-0.25, -0.2) is 0 Å². The molecule has 2 rings (SSSR count). The van der Waals surface area contributed by atoms with E-state index in [-0.39, 0.29) is 0 Å². The molecular formula is C13H26N2. The Kier molecular flexibility index (Phi) is 3.68. The summed E-state index contributed by atoms with van der Waals surface area (Å²) in [6.07, 6.45) is 9.10. The van der Waals surface area contributed by atoms with Crippen molar-refractivity contribution in [2.75, 3.05) is 0 Å². The second kappa shape index (κ2) is 4.84. The van der Waals surface area contributed by atoms with Crippen LogP contribution < -0.4 is 11.5 Å². The maximum Gasteiger partial charge on any atom is 0.00416 e. The van der Waals surface area contributed by atoms with Crippen LogP contribution >= 0.6 is 0 Å². The van der Waals surface area contributed by atoms with Crippen LogP contribution in [0, 0.1) is 17.8 Å². The first-order valence-corrected chi connectivity index (χ1v) is 6.71. The Balaban J connectivity index is 1.92. The van der Waals surface area contributed by atoms with E-state index in [1.165, 1.54) is 44.9 Å². The van der Waals surface area contributed by atoms with Gasteiger partial charge in [-0.3, -0.25) is 0 Å². The molecule has 2 nitrogen and oxygen atoms in total. The van der Waals surface area contributed by atoms with Gasteiger partial charge in [0.15, 0.2) is 0 Å². The van der Waals surface area contributed by atoms with E-state index >= 15 is 0 Å². The first-order valence-electron chi connectivity index (χ1n) is 6.71. The molecule has 4 unspecified atom stereocenters. The van der Waals surface area contributed by atoms with Crippen molar-refractivity contribution < 1.29 is 0 Å². The van der Waals surface area contributed by atoms with Gasteiger partial charge in [-0.15, -0.1) is 0 Å². The largest absolute Gasteiger partial charge is 0.328 e. The van der Waals surface area contributed by atoms with Crippen molar-refractivity contribution in [3.8, 4) is 0 Å². The third kappa shape index (κ3) is 2.54. The van der Waals surface area contributed by atoms with E-state index in [1.807, 2.05) is 0 Å². The molecule has 15 heavy (non-hydrogen) atoms. The van der Waals surface area contributed by atoms with Crippen LogP contribution in [0.15, 0.2) is 0 Å². The fourth-order valence-electron chi connectivity index (χ4n) is 3.93. The minimum atomic E-state index is 0.485. The van der Waals surface area contributed by atoms with Gasteiger partial charge in [0.05, 0.1) is 0 Å². The molecule has 2 fully saturated rings. The summed E-state index contributed by atoms with van der Waals surface area (Å²) < 4.78 is 0. The number of rotatable bonds is 3. The van der Waals surface area contributed by atoms with Crippen LogP contribution in [0.2, 0.25) is 0 Å². The molecule has 2 heteroatoms. The quantitative estimate of drug-likeness (QED) is 0.751. The third-order valence-corrected chi connectivity index (χ3v) is 4.71. The zero-order chi connectivity index (χ0) is 10.8. The van der Waals surface area contributed by atoms with Gasteiger partial charge in [0, 0.05) is 12.1 Å². The van der Waals surface area contributed by atoms with Gasteiger partial charge in [-0.05, 0) is 56.3 Å². The summed E-state index contributed by atoms with van der Waals surface area (Å²) in [5, 5.41) is 0. The van der Waals surface area contributed by atoms with Crippen molar-refractivity contribution in [2.45, 2.75) is 64.0 Å². The zero-order valence-electron chi connectivity index (χ0n) is 9.99. The van der Waals surface area contributed by atoms with Crippen LogP contribution in [0.3, 0.4) is 0 Å². The molecule has 2 aliphatic rings. The van der Waals surface area contributed by atoms with Gasteiger partial charge < -0.3 is 11.5 Å². The van der Waals surface area contributed by atoms with E-state index in [1.54, 1.807) is 0 Å². The summed E-state index contributed by atoms with van der Waals surface area (Å²) in [5.41, 5.74) is 12.0. The predicted octanol–water partition coefficient (Wildman–Crippen LogP) is 2.27. The molecule has 4 N–H and O–H groups in total. The summed E-state index contributed by atoms with van der Waals surface area (Å²) in [7, 11) is 0. The molecule has 0 aromatic rings. The lowest BCUT2D eigenvalue weighted by Crippen LogP contribution is -2.24. The van der Waals surface area contributed by atoms with E-state index in [9.17, 15) is 0 Å². The highest BCUT2D eigenvalue weighted by molar-refractivity contribution is 4.89. The standard InChI is InChI=1S/C13H26N2/c1-2-13(9-3-5-11(14)7-9)10-4-6-12(15)8-10/h9-13H,2-8,14-15H2,1H3. The Hall–Kier alpha value is -0.0800. The van der Waals surface area contributed by atoms with E-state index < -0.39 is 0 Å². The Labute approximate surface area is 93.8 Å². The average molecular weight is 210 g/mol. The molecule has 2 saturated carbocycles. The lowest BCUT2D eigenvalue weighted by Gasteiger charge is -2.28. The number of nitrogens with two attached hydrogens (primary N) is 2. The Morgan fingerprint density at radius 1 is 0.933 bits per heavy atom. The molecule has 0 aromatic heterocycles. The Morgan fingerprint density at radius 3 is 1.67 bits per heavy atom. The Morgan fingerprint density at radius 2 is 1.40 bits per heavy atom. The molecule has 0 amide bonds. The summed E-state index contributed by atoms with van der Waals surface area (Å²) >= 11 is 0. The van der Waals surface area contributed by atoms with E-state index in [0.29, 0.717) is 12.1 Å². The fraction of sp³-hybridized carbons (Fsp3) is 1.00. The number of hydrogen-bond acceptors (Lipinski definition) is 2. The highest BCUT2D eigenvalue weighted by atomic mass is 14.7. The van der Waals surface area contributed by atoms with Gasteiger partial charge >= 0.3 is 0 Å². The van der Waals surface area contributed by atoms with Crippen molar-refractivity contribution in [2.24, 2.45) is 29.2 Å². The molecule has 0 spiro atoms. The second-order valence-corrected chi connectivity index (χ2v) is 5.74. The molecule has 0 bridgehead atoms. The van der Waals surface area contributed by atoms with Crippen LogP contribution in [0.1, 0.15) is 51.9 Å². The minimum Gasteiger partial charge on any atom is -0.328 e. The highest BCUT2D eigenvalue weighted by Crippen LogP contribution is 2.42. The third-order valence-electron chi connectivity index (χ3n) is 4.71. The van der Waals surface area contributed by atoms with Gasteiger partial charge in [-0.1, -0.05) is 13.3 Å². The van der Waals surface area contributed by atoms with Gasteiger partial charge in [0.2, 0.25) is 0 Å². The van der Waals surface area contributed by atoms with Crippen molar-refractivity contribution in [3.63, 3.8) is 0 Å². The molecule has 2 aliphatic carbocycles. The lowest BCUT2D eigenvalue weighted by atomic mass is 9.78. The van der Waals surface area contributed by atoms with Crippen LogP contribution in [0.4, 0.5) is 0 Å². The maximum atomic E-state index is 6.02. The van der Waals surface area contributed by atoms with Gasteiger partial charge in [0.25, 0.3) is 0 Å². The molecule has 0 saturated heterocycles. The molecule has 0 aliphatic heterocycles. The molecular weight excluding hydrogens is 184 g/mol. The zero-order valence-corrected chi connectivity index (χ0v) is 9.99. The molecule has 0 radical (unpaired) electrons. The minimum absolute atomic E-state index is 0.485. The van der Waals surface area contributed by atoms with Crippen LogP contribution in [-0.2, 0) is 0 Å². The summed E-state index contributed by atoms with van der Waals surface area (Å²) in [6.45, 7) is 2.35. The van der Waals surface area contributed by atoms with E-state index in [2.05, 4.69) is 6.92 Å². The topological polar surface area (TPSA) is 52.0 Å². The first-order chi connectivity index (χ1) is 7.20. The second-order valence-electron chi connectivity index (χ2n) is 5.74. The molecule has 0 heterocycles. The van der Waals surface area contributed by atoms with Gasteiger partial charge in [-0.2, -0.15) is 0 Å². The summed E-state index contributed by atoms with van der Waals surface area (Å²) in [4.78, 5) is 0. The van der Waals surface area contributed by atoms with E-state index in [0.717, 1.165) is 17.8 Å². The first kappa shape index (κ1) is 11.4. The Bertz CT molecular complexity index is 185. The lowest BCUT2D eigenvalue weighted by molar-refractivity contribution is 0.220. The van der Waals surface area contributed by atoms with Crippen molar-refractivity contribution in [3.05, 3.63) is 0 Å². The average Bonchev–Trinajstić information content (AvgIpc) is 2.78. The summed E-state index contributed by atoms with van der Waals surface area (Å²) in [5.74, 6) is 2.72. The van der Waals surface area contributed by atoms with Crippen molar-refractivity contribution in [1.82, 2.24) is 0 Å². The van der Waals surface area contributed by atoms with E-state index in [4.69, 9.17) is 11.5 Å². The highest BCUT2D eigenvalue weighted by Gasteiger charge is 2.35. The number of hydrogen-bond donors (Lipinski definition) is 2. The summed E-state index contributed by atoms with van der Waals surface area (Å²) in [6, 6.07) is 0.971. The van der Waals surface area contributed by atoms with Crippen LogP contribution in [-0.4, -0.2) is 12.1 Å². The normalized spacial score (nSPS) is 43.4. The SMILES string of the molecule is CCC(C1CCC(N)C1)C1CCC(N)C1. The molecule has 88 valence electrons. The smallest absolute Gasteiger partial charge is 0.00416 e. The van der Waals surface area contributed by atoms with Crippen molar-refractivity contribution in [1.29, 1.82) is 0 Å². The fourth-order valence-corrected chi connectivity index (χ4v) is 3.93. The van der Waals surface area contributed by atoms with Gasteiger partial charge in [0.1, 0.15) is 0 Å². The van der Waals surface area contributed by atoms with Crippen molar-refractivity contribution >= 4 is 0 Å². The predicted molar refractivity (Wildman–Crippen MR) is 64.4 cm³/mol. The maximum absolute atomic E-state index is 6.02.